The summed E-state index contributed by atoms with van der Waals surface area (Å²) in [6.45, 7) is 12.7. The second kappa shape index (κ2) is 11.7. The van der Waals surface area contributed by atoms with Gasteiger partial charge in [-0.15, -0.1) is 5.10 Å². The number of carboxylic acids is 1. The molecule has 4 aromatic rings. The molecular formula is C33H40N6O6S. The Morgan fingerprint density at radius 3 is 2.54 bits per heavy atom. The molecule has 6 rings (SSSR count). The minimum Gasteiger partial charge on any atom is -0.481 e. The van der Waals surface area contributed by atoms with Gasteiger partial charge in [0.15, 0.2) is 0 Å². The van der Waals surface area contributed by atoms with E-state index in [2.05, 4.69) is 15.3 Å². The lowest BCUT2D eigenvalue weighted by Gasteiger charge is -2.38. The maximum Gasteiger partial charge on any atom is 0.310 e. The fourth-order valence-corrected chi connectivity index (χ4v) is 8.30. The van der Waals surface area contributed by atoms with Gasteiger partial charge < -0.3 is 14.6 Å². The van der Waals surface area contributed by atoms with Crippen LogP contribution in [0.25, 0.3) is 11.0 Å². The average Bonchev–Trinajstić information content (AvgIpc) is 3.41. The van der Waals surface area contributed by atoms with Gasteiger partial charge in [-0.25, -0.2) is 18.1 Å². The highest BCUT2D eigenvalue weighted by molar-refractivity contribution is 7.89. The first kappa shape index (κ1) is 32.0. The van der Waals surface area contributed by atoms with Gasteiger partial charge in [-0.1, -0.05) is 17.3 Å². The summed E-state index contributed by atoms with van der Waals surface area (Å²) in [6.07, 6.45) is 4.35. The molecule has 1 fully saturated rings. The molecule has 13 heteroatoms. The van der Waals surface area contributed by atoms with Crippen LogP contribution in [0.4, 0.5) is 0 Å². The Morgan fingerprint density at radius 2 is 1.85 bits per heavy atom. The molecule has 1 atom stereocenters. The molecule has 0 bridgehead atoms. The molecule has 0 saturated carbocycles. The summed E-state index contributed by atoms with van der Waals surface area (Å²) in [6, 6.07) is 7.38. The van der Waals surface area contributed by atoms with Crippen molar-refractivity contribution in [3.8, 4) is 5.88 Å². The van der Waals surface area contributed by atoms with E-state index >= 15 is 0 Å². The summed E-state index contributed by atoms with van der Waals surface area (Å²) in [4.78, 5) is 21.9. The lowest BCUT2D eigenvalue weighted by molar-refractivity contribution is -0.147. The fraction of sp³-hybridized carbons (Fsp3) is 0.485. The zero-order valence-corrected chi connectivity index (χ0v) is 27.9. The molecular weight excluding hydrogens is 608 g/mol. The van der Waals surface area contributed by atoms with Crippen molar-refractivity contribution in [3.05, 3.63) is 70.2 Å². The number of nitrogens with zero attached hydrogens (tertiary/aromatic N) is 6. The molecule has 1 saturated heterocycles. The summed E-state index contributed by atoms with van der Waals surface area (Å²) >= 11 is 0. The van der Waals surface area contributed by atoms with Crippen LogP contribution >= 0.6 is 0 Å². The smallest absolute Gasteiger partial charge is 0.310 e. The van der Waals surface area contributed by atoms with E-state index in [1.54, 1.807) is 43.9 Å². The van der Waals surface area contributed by atoms with E-state index in [4.69, 9.17) is 14.5 Å². The number of pyridine rings is 2. The summed E-state index contributed by atoms with van der Waals surface area (Å²) in [7, 11) is -4.02. The molecule has 0 unspecified atom stereocenters. The third-order valence-corrected chi connectivity index (χ3v) is 11.3. The van der Waals surface area contributed by atoms with Crippen LogP contribution in [-0.4, -0.2) is 74.1 Å². The summed E-state index contributed by atoms with van der Waals surface area (Å²) < 4.78 is 43.8. The van der Waals surface area contributed by atoms with E-state index < -0.39 is 32.9 Å². The van der Waals surface area contributed by atoms with E-state index in [-0.39, 0.29) is 23.9 Å². The molecule has 2 aliphatic heterocycles. The van der Waals surface area contributed by atoms with Gasteiger partial charge >= 0.3 is 5.97 Å². The third kappa shape index (κ3) is 5.43. The standard InChI is InChI=1S/C33H40N6O6S/c1-7-39-26-9-8-25(21(3)29(26)36-37-39)28(32(5,6)31(40)41)23-15-24(22(4)34-17-23)18-38-19-33(10-12-44-13-11-33)45-30-27(46(38,42)43)14-20(2)16-35-30/h8-9,14-17,28H,7,10-13,18-19H2,1-6H3,(H,40,41)/t28-/m1/s1. The number of aryl methyl sites for hydroxylation is 4. The van der Waals surface area contributed by atoms with E-state index in [1.165, 1.54) is 4.31 Å². The number of ether oxygens (including phenoxy) is 2. The molecule has 1 aromatic carbocycles. The molecule has 5 heterocycles. The fourth-order valence-electron chi connectivity index (χ4n) is 6.66. The maximum atomic E-state index is 14.3. The molecule has 0 aliphatic carbocycles. The lowest BCUT2D eigenvalue weighted by atomic mass is 9.70. The highest BCUT2D eigenvalue weighted by Gasteiger charge is 2.46. The van der Waals surface area contributed by atoms with Gasteiger partial charge in [-0.2, -0.15) is 4.31 Å². The first-order valence-corrected chi connectivity index (χ1v) is 17.0. The van der Waals surface area contributed by atoms with Crippen LogP contribution in [-0.2, 0) is 32.6 Å². The van der Waals surface area contributed by atoms with E-state index in [0.717, 1.165) is 16.6 Å². The van der Waals surface area contributed by atoms with Crippen LogP contribution < -0.4 is 4.74 Å². The first-order valence-electron chi connectivity index (χ1n) is 15.5. The minimum absolute atomic E-state index is 0.0252. The van der Waals surface area contributed by atoms with Gasteiger partial charge in [0, 0.05) is 49.9 Å². The Labute approximate surface area is 268 Å². The van der Waals surface area contributed by atoms with Crippen molar-refractivity contribution in [2.24, 2.45) is 5.41 Å². The topological polar surface area (TPSA) is 150 Å². The quantitative estimate of drug-likeness (QED) is 0.303. The molecule has 244 valence electrons. The maximum absolute atomic E-state index is 14.3. The van der Waals surface area contributed by atoms with Crippen LogP contribution in [0.15, 0.2) is 41.6 Å². The molecule has 0 radical (unpaired) electrons. The van der Waals surface area contributed by atoms with Crippen LogP contribution in [0.3, 0.4) is 0 Å². The summed E-state index contributed by atoms with van der Waals surface area (Å²) in [5.41, 5.74) is 3.88. The zero-order chi connectivity index (χ0) is 33.0. The second-order valence-corrected chi connectivity index (χ2v) is 14.9. The van der Waals surface area contributed by atoms with E-state index in [0.29, 0.717) is 60.5 Å². The normalized spacial score (nSPS) is 18.6. The van der Waals surface area contributed by atoms with Gasteiger partial charge in [-0.05, 0) is 81.5 Å². The Bertz CT molecular complexity index is 1930. The SMILES string of the molecule is CCn1nnc2c(C)c([C@@H](c3cnc(C)c(CN4CC5(CCOCC5)Oc5ncc(C)cc5S4(=O)=O)c3)C(C)(C)C(=O)O)ccc21. The first-order chi connectivity index (χ1) is 21.8. The number of hydrogen-bond donors (Lipinski definition) is 1. The molecule has 12 nitrogen and oxygen atoms in total. The molecule has 3 aromatic heterocycles. The van der Waals surface area contributed by atoms with Gasteiger partial charge in [0.1, 0.15) is 16.0 Å². The van der Waals surface area contributed by atoms with Gasteiger partial charge in [0.05, 0.1) is 30.7 Å². The van der Waals surface area contributed by atoms with Gasteiger partial charge in [0.2, 0.25) is 15.9 Å². The second-order valence-electron chi connectivity index (χ2n) is 13.0. The van der Waals surface area contributed by atoms with Crippen molar-refractivity contribution in [2.45, 2.75) is 83.9 Å². The number of carbonyl (C=O) groups is 1. The molecule has 2 aliphatic rings. The van der Waals surface area contributed by atoms with Crippen LogP contribution in [0, 0.1) is 26.2 Å². The minimum atomic E-state index is -4.02. The molecule has 1 spiro atoms. The molecule has 0 amide bonds. The van der Waals surface area contributed by atoms with Crippen molar-refractivity contribution >= 4 is 27.0 Å². The Balaban J connectivity index is 1.46. The summed E-state index contributed by atoms with van der Waals surface area (Å²) in [5, 5.41) is 19.1. The number of carboxylic acid groups (broad SMARTS) is 1. The number of sulfonamides is 1. The predicted molar refractivity (Wildman–Crippen MR) is 170 cm³/mol. The van der Waals surface area contributed by atoms with Crippen molar-refractivity contribution in [3.63, 3.8) is 0 Å². The third-order valence-electron chi connectivity index (χ3n) is 9.51. The number of fused-ring (bicyclic) bond motifs is 2. The lowest BCUT2D eigenvalue weighted by Crippen LogP contribution is -2.50. The highest BCUT2D eigenvalue weighted by atomic mass is 32.2. The monoisotopic (exact) mass is 648 g/mol. The Hall–Kier alpha value is -3.94. The average molecular weight is 649 g/mol. The summed E-state index contributed by atoms with van der Waals surface area (Å²) in [5.74, 6) is -1.48. The van der Waals surface area contributed by atoms with Crippen molar-refractivity contribution in [1.29, 1.82) is 0 Å². The predicted octanol–water partition coefficient (Wildman–Crippen LogP) is 4.54. The Morgan fingerprint density at radius 1 is 1.11 bits per heavy atom. The van der Waals surface area contributed by atoms with E-state index in [9.17, 15) is 18.3 Å². The number of rotatable bonds is 7. The van der Waals surface area contributed by atoms with Crippen molar-refractivity contribution < 1.29 is 27.8 Å². The molecule has 46 heavy (non-hydrogen) atoms. The number of aliphatic carboxylic acids is 1. The Kier molecular flexibility index (Phi) is 8.14. The number of benzene rings is 1. The highest BCUT2D eigenvalue weighted by Crippen LogP contribution is 2.44. The van der Waals surface area contributed by atoms with E-state index in [1.807, 2.05) is 39.0 Å². The van der Waals surface area contributed by atoms with Crippen molar-refractivity contribution in [1.82, 2.24) is 29.3 Å². The van der Waals surface area contributed by atoms with Crippen LogP contribution in [0.1, 0.15) is 73.0 Å². The zero-order valence-electron chi connectivity index (χ0n) is 27.1. The largest absolute Gasteiger partial charge is 0.481 e. The van der Waals surface area contributed by atoms with Crippen molar-refractivity contribution in [2.75, 3.05) is 19.8 Å². The van der Waals surface area contributed by atoms with Gasteiger partial charge in [0.25, 0.3) is 0 Å². The number of hydrogen-bond acceptors (Lipinski definition) is 9. The van der Waals surface area contributed by atoms with Gasteiger partial charge in [-0.3, -0.25) is 9.78 Å². The van der Waals surface area contributed by atoms with Crippen LogP contribution in [0.2, 0.25) is 0 Å². The molecule has 1 N–H and O–H groups in total. The number of aromatic nitrogens is 5. The van der Waals surface area contributed by atoms with Crippen LogP contribution in [0.5, 0.6) is 5.88 Å².